The molecular formula is C17H15ClN2O7. The summed E-state index contributed by atoms with van der Waals surface area (Å²) in [5.41, 5.74) is -0.778. The number of benzene rings is 1. The number of nitro benzene ring substituents is 1. The Labute approximate surface area is 158 Å². The number of carbonyl (C=O) groups excluding carboxylic acids is 3. The number of ketones is 1. The minimum absolute atomic E-state index is 0.0195. The van der Waals surface area contributed by atoms with Crippen molar-refractivity contribution in [1.29, 1.82) is 0 Å². The number of anilines is 1. The average Bonchev–Trinajstić information content (AvgIpc) is 2.91. The van der Waals surface area contributed by atoms with Crippen molar-refractivity contribution in [2.75, 3.05) is 11.9 Å². The molecule has 1 aromatic carbocycles. The van der Waals surface area contributed by atoms with Crippen molar-refractivity contribution in [3.05, 3.63) is 55.8 Å². The third kappa shape index (κ3) is 4.14. The van der Waals surface area contributed by atoms with Crippen LogP contribution in [0.15, 0.2) is 22.6 Å². The highest BCUT2D eigenvalue weighted by molar-refractivity contribution is 6.34. The molecule has 1 amide bonds. The fourth-order valence-electron chi connectivity index (χ4n) is 2.43. The summed E-state index contributed by atoms with van der Waals surface area (Å²) in [6.45, 7) is 4.32. The Balaban J connectivity index is 2.48. The van der Waals surface area contributed by atoms with Gasteiger partial charge in [0.1, 0.15) is 11.3 Å². The number of hydrogen-bond donors (Lipinski definition) is 1. The van der Waals surface area contributed by atoms with Crippen LogP contribution in [0.2, 0.25) is 5.02 Å². The highest BCUT2D eigenvalue weighted by Gasteiger charge is 2.29. The van der Waals surface area contributed by atoms with E-state index in [9.17, 15) is 24.5 Å². The Morgan fingerprint density at radius 2 is 1.96 bits per heavy atom. The van der Waals surface area contributed by atoms with Crippen LogP contribution in [0.3, 0.4) is 0 Å². The molecule has 0 spiro atoms. The van der Waals surface area contributed by atoms with Crippen molar-refractivity contribution in [2.45, 2.75) is 20.8 Å². The maximum absolute atomic E-state index is 12.5. The number of non-ortho nitro benzene ring substituents is 1. The van der Waals surface area contributed by atoms with Gasteiger partial charge in [-0.15, -0.1) is 0 Å². The molecule has 27 heavy (non-hydrogen) atoms. The Hall–Kier alpha value is -3.20. The smallest absolute Gasteiger partial charge is 0.344 e. The van der Waals surface area contributed by atoms with Crippen LogP contribution in [0.25, 0.3) is 0 Å². The summed E-state index contributed by atoms with van der Waals surface area (Å²) < 4.78 is 10.3. The molecule has 0 aliphatic carbocycles. The molecule has 1 aromatic heterocycles. The van der Waals surface area contributed by atoms with Crippen molar-refractivity contribution in [3.8, 4) is 0 Å². The van der Waals surface area contributed by atoms with E-state index in [0.717, 1.165) is 12.1 Å². The van der Waals surface area contributed by atoms with Crippen LogP contribution in [-0.4, -0.2) is 29.2 Å². The van der Waals surface area contributed by atoms with E-state index in [2.05, 4.69) is 5.32 Å². The summed E-state index contributed by atoms with van der Waals surface area (Å²) in [5.74, 6) is -2.33. The van der Waals surface area contributed by atoms with Gasteiger partial charge in [0, 0.05) is 12.1 Å². The highest BCUT2D eigenvalue weighted by atomic mass is 35.5. The number of aryl methyl sites for hydroxylation is 1. The molecule has 0 radical (unpaired) electrons. The van der Waals surface area contributed by atoms with Crippen LogP contribution in [0.4, 0.5) is 11.6 Å². The van der Waals surface area contributed by atoms with E-state index in [1.54, 1.807) is 6.92 Å². The van der Waals surface area contributed by atoms with Crippen molar-refractivity contribution < 1.29 is 28.5 Å². The molecule has 0 saturated heterocycles. The lowest BCUT2D eigenvalue weighted by Gasteiger charge is -2.07. The Kier molecular flexibility index (Phi) is 5.96. The standard InChI is InChI=1S/C17H15ClN2O7/c1-4-26-17(23)14-13(8(2)21)9(3)27-16(14)19-15(22)11-7-10(20(24)25)5-6-12(11)18/h5-7H,4H2,1-3H3,(H,19,22). The zero-order valence-corrected chi connectivity index (χ0v) is 15.4. The molecule has 0 saturated carbocycles. The number of ether oxygens (including phenoxy) is 1. The molecule has 0 bridgehead atoms. The molecule has 10 heteroatoms. The summed E-state index contributed by atoms with van der Waals surface area (Å²) in [4.78, 5) is 46.8. The van der Waals surface area contributed by atoms with E-state index >= 15 is 0 Å². The molecule has 0 unspecified atom stereocenters. The SMILES string of the molecule is CCOC(=O)c1c(NC(=O)c2cc([N+](=O)[O-])ccc2Cl)oc(C)c1C(C)=O. The quantitative estimate of drug-likeness (QED) is 0.341. The number of carbonyl (C=O) groups is 3. The van der Waals surface area contributed by atoms with Crippen LogP contribution in [0, 0.1) is 17.0 Å². The van der Waals surface area contributed by atoms with Gasteiger partial charge < -0.3 is 9.15 Å². The molecular weight excluding hydrogens is 380 g/mol. The largest absolute Gasteiger partial charge is 0.462 e. The lowest BCUT2D eigenvalue weighted by Crippen LogP contribution is -2.16. The van der Waals surface area contributed by atoms with Crippen molar-refractivity contribution in [3.63, 3.8) is 0 Å². The third-order valence-corrected chi connectivity index (χ3v) is 3.88. The van der Waals surface area contributed by atoms with Gasteiger partial charge in [-0.05, 0) is 26.8 Å². The van der Waals surface area contributed by atoms with Gasteiger partial charge in [0.05, 0.1) is 27.7 Å². The molecule has 2 aromatic rings. The molecule has 0 atom stereocenters. The number of rotatable bonds is 6. The Morgan fingerprint density at radius 3 is 2.52 bits per heavy atom. The van der Waals surface area contributed by atoms with E-state index in [-0.39, 0.29) is 45.7 Å². The first-order chi connectivity index (χ1) is 12.7. The number of hydrogen-bond acceptors (Lipinski definition) is 7. The molecule has 142 valence electrons. The normalized spacial score (nSPS) is 10.4. The van der Waals surface area contributed by atoms with Crippen LogP contribution in [0.1, 0.15) is 50.7 Å². The summed E-state index contributed by atoms with van der Waals surface area (Å²) in [6, 6.07) is 3.34. The molecule has 9 nitrogen and oxygen atoms in total. The van der Waals surface area contributed by atoms with Gasteiger partial charge in [0.25, 0.3) is 11.6 Å². The lowest BCUT2D eigenvalue weighted by molar-refractivity contribution is -0.384. The van der Waals surface area contributed by atoms with Crippen molar-refractivity contribution in [2.24, 2.45) is 0 Å². The first-order valence-electron chi connectivity index (χ1n) is 7.74. The predicted octanol–water partition coefficient (Wildman–Crippen LogP) is 3.78. The second-order valence-corrected chi connectivity index (χ2v) is 5.80. The van der Waals surface area contributed by atoms with Crippen LogP contribution >= 0.6 is 11.6 Å². The van der Waals surface area contributed by atoms with Gasteiger partial charge in [-0.2, -0.15) is 0 Å². The van der Waals surface area contributed by atoms with Gasteiger partial charge in [-0.25, -0.2) is 4.79 Å². The number of halogens is 1. The van der Waals surface area contributed by atoms with Crippen molar-refractivity contribution >= 4 is 40.8 Å². The monoisotopic (exact) mass is 394 g/mol. The second kappa shape index (κ2) is 8.00. The van der Waals surface area contributed by atoms with Gasteiger partial charge in [-0.3, -0.25) is 25.0 Å². The third-order valence-electron chi connectivity index (χ3n) is 3.55. The van der Waals surface area contributed by atoms with E-state index < -0.39 is 22.6 Å². The van der Waals surface area contributed by atoms with E-state index in [1.807, 2.05) is 0 Å². The number of amides is 1. The number of furan rings is 1. The first-order valence-corrected chi connectivity index (χ1v) is 8.11. The Bertz CT molecular complexity index is 949. The van der Waals surface area contributed by atoms with E-state index in [0.29, 0.717) is 0 Å². The Morgan fingerprint density at radius 1 is 1.30 bits per heavy atom. The average molecular weight is 395 g/mol. The van der Waals surface area contributed by atoms with Crippen LogP contribution < -0.4 is 5.32 Å². The summed E-state index contributed by atoms with van der Waals surface area (Å²) in [7, 11) is 0. The van der Waals surface area contributed by atoms with E-state index in [1.165, 1.54) is 19.9 Å². The summed E-state index contributed by atoms with van der Waals surface area (Å²) in [6.07, 6.45) is 0. The molecule has 1 N–H and O–H groups in total. The van der Waals surface area contributed by atoms with Crippen molar-refractivity contribution in [1.82, 2.24) is 0 Å². The molecule has 2 rings (SSSR count). The highest BCUT2D eigenvalue weighted by Crippen LogP contribution is 2.30. The summed E-state index contributed by atoms with van der Waals surface area (Å²) >= 11 is 5.94. The topological polar surface area (TPSA) is 129 Å². The number of nitrogens with zero attached hydrogens (tertiary/aromatic N) is 1. The number of esters is 1. The molecule has 0 aliphatic rings. The molecule has 0 aliphatic heterocycles. The van der Waals surface area contributed by atoms with Crippen LogP contribution in [-0.2, 0) is 4.74 Å². The maximum Gasteiger partial charge on any atom is 0.344 e. The number of nitrogens with one attached hydrogen (secondary N) is 1. The van der Waals surface area contributed by atoms with Gasteiger partial charge in [0.2, 0.25) is 5.88 Å². The van der Waals surface area contributed by atoms with Gasteiger partial charge in [-0.1, -0.05) is 11.6 Å². The lowest BCUT2D eigenvalue weighted by atomic mass is 10.1. The van der Waals surface area contributed by atoms with Crippen LogP contribution in [0.5, 0.6) is 0 Å². The molecule has 1 heterocycles. The van der Waals surface area contributed by atoms with E-state index in [4.69, 9.17) is 20.8 Å². The molecule has 0 fully saturated rings. The zero-order valence-electron chi connectivity index (χ0n) is 14.6. The van der Waals surface area contributed by atoms with Gasteiger partial charge >= 0.3 is 5.97 Å². The second-order valence-electron chi connectivity index (χ2n) is 5.39. The maximum atomic E-state index is 12.5. The fraction of sp³-hybridized carbons (Fsp3) is 0.235. The first kappa shape index (κ1) is 20.1. The number of nitro groups is 1. The summed E-state index contributed by atoms with van der Waals surface area (Å²) in [5, 5.41) is 13.2. The fourth-order valence-corrected chi connectivity index (χ4v) is 2.63. The number of Topliss-reactive ketones (excluding diaryl/α,β-unsaturated/α-hetero) is 1. The minimum Gasteiger partial charge on any atom is -0.462 e. The van der Waals surface area contributed by atoms with Gasteiger partial charge in [0.15, 0.2) is 5.78 Å². The zero-order chi connectivity index (χ0) is 20.3. The minimum atomic E-state index is -0.849. The predicted molar refractivity (Wildman–Crippen MR) is 95.5 cm³/mol.